The maximum atomic E-state index is 13.9. The molecular formula is C21H19ClFN3O3S. The highest BCUT2D eigenvalue weighted by Gasteiger charge is 2.08. The zero-order valence-electron chi connectivity index (χ0n) is 16.1. The second-order valence-corrected chi connectivity index (χ2v) is 7.33. The van der Waals surface area contributed by atoms with Gasteiger partial charge in [0, 0.05) is 10.9 Å². The molecule has 0 aliphatic heterocycles. The van der Waals surface area contributed by atoms with E-state index < -0.39 is 5.82 Å². The highest BCUT2D eigenvalue weighted by atomic mass is 35.5. The Morgan fingerprint density at radius 3 is 2.87 bits per heavy atom. The van der Waals surface area contributed by atoms with Gasteiger partial charge in [-0.15, -0.1) is 11.3 Å². The third-order valence-corrected chi connectivity index (χ3v) is 4.95. The van der Waals surface area contributed by atoms with E-state index in [9.17, 15) is 9.18 Å². The summed E-state index contributed by atoms with van der Waals surface area (Å²) in [6.45, 7) is 2.19. The molecule has 0 aliphatic carbocycles. The van der Waals surface area contributed by atoms with Gasteiger partial charge in [0.1, 0.15) is 18.2 Å². The number of esters is 1. The maximum absolute atomic E-state index is 13.9. The smallest absolute Gasteiger partial charge is 0.311 e. The number of thiazole rings is 1. The zero-order chi connectivity index (χ0) is 21.3. The maximum Gasteiger partial charge on any atom is 0.311 e. The molecule has 30 heavy (non-hydrogen) atoms. The number of nitrogens with one attached hydrogen (secondary N) is 1. The molecule has 1 aromatic heterocycles. The number of aromatic nitrogens is 1. The molecule has 0 aliphatic rings. The predicted octanol–water partition coefficient (Wildman–Crippen LogP) is 5.07. The van der Waals surface area contributed by atoms with E-state index >= 15 is 0 Å². The Morgan fingerprint density at radius 1 is 1.30 bits per heavy atom. The number of carbonyl (C=O) groups excluding carboxylic acids is 1. The fraction of sp³-hybridized carbons (Fsp3) is 0.190. The standard InChI is InChI=1S/C21H19ClFN3O3S/c1-2-28-19(27)10-16-13-30-21(25-16)26-24-11-14-6-8-17(9-7-14)29-12-15-4-3-5-18(22)20(15)23/h3-9,11,13H,2,10,12H2,1H3,(H,25,26). The van der Waals surface area contributed by atoms with E-state index in [4.69, 9.17) is 21.1 Å². The van der Waals surface area contributed by atoms with Gasteiger partial charge in [0.2, 0.25) is 5.13 Å². The first-order valence-corrected chi connectivity index (χ1v) is 10.4. The lowest BCUT2D eigenvalue weighted by molar-refractivity contribution is -0.142. The summed E-state index contributed by atoms with van der Waals surface area (Å²) < 4.78 is 24.4. The summed E-state index contributed by atoms with van der Waals surface area (Å²) in [5.74, 6) is -0.178. The first-order chi connectivity index (χ1) is 14.5. The summed E-state index contributed by atoms with van der Waals surface area (Å²) in [5, 5.41) is 6.57. The summed E-state index contributed by atoms with van der Waals surface area (Å²) in [6, 6.07) is 12.0. The number of carbonyl (C=O) groups is 1. The van der Waals surface area contributed by atoms with Crippen LogP contribution in [0.4, 0.5) is 9.52 Å². The van der Waals surface area contributed by atoms with Gasteiger partial charge in [0.15, 0.2) is 0 Å². The van der Waals surface area contributed by atoms with E-state index in [1.54, 1.807) is 42.8 Å². The van der Waals surface area contributed by atoms with Crippen LogP contribution >= 0.6 is 22.9 Å². The van der Waals surface area contributed by atoms with Crippen LogP contribution in [0.2, 0.25) is 5.02 Å². The van der Waals surface area contributed by atoms with Crippen LogP contribution in [-0.4, -0.2) is 23.8 Å². The summed E-state index contributed by atoms with van der Waals surface area (Å²) in [4.78, 5) is 15.7. The molecule has 0 spiro atoms. The van der Waals surface area contributed by atoms with Gasteiger partial charge < -0.3 is 9.47 Å². The number of nitrogens with zero attached hydrogens (tertiary/aromatic N) is 2. The number of anilines is 1. The molecule has 6 nitrogen and oxygen atoms in total. The van der Waals surface area contributed by atoms with E-state index in [0.717, 1.165) is 5.56 Å². The molecule has 0 fully saturated rings. The van der Waals surface area contributed by atoms with Gasteiger partial charge in [-0.25, -0.2) is 9.37 Å². The molecule has 156 valence electrons. The molecule has 3 aromatic rings. The summed E-state index contributed by atoms with van der Waals surface area (Å²) in [5.41, 5.74) is 4.70. The van der Waals surface area contributed by atoms with E-state index in [1.165, 1.54) is 17.4 Å². The molecule has 2 aromatic carbocycles. The van der Waals surface area contributed by atoms with Gasteiger partial charge in [-0.2, -0.15) is 5.10 Å². The Labute approximate surface area is 182 Å². The first kappa shape index (κ1) is 21.7. The van der Waals surface area contributed by atoms with E-state index in [-0.39, 0.29) is 24.0 Å². The van der Waals surface area contributed by atoms with Gasteiger partial charge in [0.05, 0.1) is 30.0 Å². The number of rotatable bonds is 9. The molecule has 0 atom stereocenters. The second-order valence-electron chi connectivity index (χ2n) is 6.07. The fourth-order valence-electron chi connectivity index (χ4n) is 2.43. The minimum Gasteiger partial charge on any atom is -0.489 e. The van der Waals surface area contributed by atoms with Crippen LogP contribution in [0.5, 0.6) is 5.75 Å². The Bertz CT molecular complexity index is 1020. The van der Waals surface area contributed by atoms with E-state index in [1.807, 2.05) is 12.1 Å². The van der Waals surface area contributed by atoms with Crippen molar-refractivity contribution in [1.29, 1.82) is 0 Å². The van der Waals surface area contributed by atoms with Crippen LogP contribution in [0, 0.1) is 5.82 Å². The number of hydrogen-bond acceptors (Lipinski definition) is 7. The average Bonchev–Trinajstić information content (AvgIpc) is 3.17. The molecule has 0 unspecified atom stereocenters. The average molecular weight is 448 g/mol. The van der Waals surface area contributed by atoms with Crippen molar-refractivity contribution in [1.82, 2.24) is 4.98 Å². The van der Waals surface area contributed by atoms with Gasteiger partial charge >= 0.3 is 5.97 Å². The minimum atomic E-state index is -0.471. The largest absolute Gasteiger partial charge is 0.489 e. The second kappa shape index (κ2) is 10.7. The van der Waals surface area contributed by atoms with Gasteiger partial charge in [-0.3, -0.25) is 10.2 Å². The molecule has 1 heterocycles. The van der Waals surface area contributed by atoms with E-state index in [0.29, 0.717) is 28.7 Å². The monoisotopic (exact) mass is 447 g/mol. The molecule has 0 saturated carbocycles. The number of benzene rings is 2. The van der Waals surface area contributed by atoms with Crippen LogP contribution in [-0.2, 0) is 22.6 Å². The molecule has 0 radical (unpaired) electrons. The number of ether oxygens (including phenoxy) is 2. The minimum absolute atomic E-state index is 0.0726. The van der Waals surface area contributed by atoms with Crippen molar-refractivity contribution in [3.8, 4) is 5.75 Å². The molecule has 0 saturated heterocycles. The fourth-order valence-corrected chi connectivity index (χ4v) is 3.29. The van der Waals surface area contributed by atoms with Crippen LogP contribution in [0.25, 0.3) is 0 Å². The Kier molecular flexibility index (Phi) is 7.75. The summed E-state index contributed by atoms with van der Waals surface area (Å²) in [7, 11) is 0. The summed E-state index contributed by atoms with van der Waals surface area (Å²) >= 11 is 7.12. The van der Waals surface area contributed by atoms with Crippen molar-refractivity contribution < 1.29 is 18.7 Å². The Balaban J connectivity index is 1.49. The number of hydrazone groups is 1. The van der Waals surface area contributed by atoms with Crippen molar-refractivity contribution in [3.63, 3.8) is 0 Å². The third-order valence-electron chi connectivity index (χ3n) is 3.86. The van der Waals surface area contributed by atoms with Crippen LogP contribution in [0.1, 0.15) is 23.7 Å². The summed E-state index contributed by atoms with van der Waals surface area (Å²) in [6.07, 6.45) is 1.77. The first-order valence-electron chi connectivity index (χ1n) is 9.10. The number of halogens is 2. The lowest BCUT2D eigenvalue weighted by Crippen LogP contribution is -2.07. The van der Waals surface area contributed by atoms with Crippen molar-refractivity contribution >= 4 is 40.3 Å². The third kappa shape index (κ3) is 6.27. The van der Waals surface area contributed by atoms with Crippen LogP contribution in [0.15, 0.2) is 52.9 Å². The molecular weight excluding hydrogens is 429 g/mol. The Morgan fingerprint density at radius 2 is 2.10 bits per heavy atom. The van der Waals surface area contributed by atoms with Crippen molar-refractivity contribution in [2.45, 2.75) is 20.0 Å². The molecule has 9 heteroatoms. The topological polar surface area (TPSA) is 72.8 Å². The lowest BCUT2D eigenvalue weighted by atomic mass is 10.2. The van der Waals surface area contributed by atoms with Gasteiger partial charge in [-0.05, 0) is 42.8 Å². The van der Waals surface area contributed by atoms with Crippen LogP contribution < -0.4 is 10.2 Å². The predicted molar refractivity (Wildman–Crippen MR) is 116 cm³/mol. The number of hydrogen-bond donors (Lipinski definition) is 1. The molecule has 0 amide bonds. The normalized spacial score (nSPS) is 10.9. The molecule has 1 N–H and O–H groups in total. The lowest BCUT2D eigenvalue weighted by Gasteiger charge is -2.08. The quantitative estimate of drug-likeness (QED) is 0.282. The van der Waals surface area contributed by atoms with Gasteiger partial charge in [0.25, 0.3) is 0 Å². The van der Waals surface area contributed by atoms with Gasteiger partial charge in [-0.1, -0.05) is 23.7 Å². The molecule has 3 rings (SSSR count). The zero-order valence-corrected chi connectivity index (χ0v) is 17.7. The van der Waals surface area contributed by atoms with Crippen LogP contribution in [0.3, 0.4) is 0 Å². The Hall–Kier alpha value is -2.97. The van der Waals surface area contributed by atoms with Crippen molar-refractivity contribution in [2.24, 2.45) is 5.10 Å². The van der Waals surface area contributed by atoms with Crippen molar-refractivity contribution in [2.75, 3.05) is 12.0 Å². The van der Waals surface area contributed by atoms with E-state index in [2.05, 4.69) is 15.5 Å². The molecule has 0 bridgehead atoms. The highest BCUT2D eigenvalue weighted by molar-refractivity contribution is 7.13. The highest BCUT2D eigenvalue weighted by Crippen LogP contribution is 2.20. The van der Waals surface area contributed by atoms with Crippen molar-refractivity contribution in [3.05, 3.63) is 75.5 Å². The SMILES string of the molecule is CCOC(=O)Cc1csc(NN=Cc2ccc(OCc3cccc(Cl)c3F)cc2)n1.